The van der Waals surface area contributed by atoms with E-state index in [0.29, 0.717) is 11.9 Å². The summed E-state index contributed by atoms with van der Waals surface area (Å²) in [6.07, 6.45) is 5.53. The molecule has 0 spiro atoms. The Balaban J connectivity index is 2.56. The third-order valence-corrected chi connectivity index (χ3v) is 3.80. The first-order chi connectivity index (χ1) is 8.20. The zero-order valence-electron chi connectivity index (χ0n) is 11.7. The van der Waals surface area contributed by atoms with Gasteiger partial charge < -0.3 is 10.2 Å². The SMILES string of the molecule is CCCCN(C(=O)[C@H]1CCCNC1)C(C)CC. The molecule has 0 saturated carbocycles. The average Bonchev–Trinajstić information content (AvgIpc) is 2.39. The Morgan fingerprint density at radius 2 is 2.24 bits per heavy atom. The van der Waals surface area contributed by atoms with Crippen molar-refractivity contribution in [1.29, 1.82) is 0 Å². The van der Waals surface area contributed by atoms with E-state index in [9.17, 15) is 4.79 Å². The van der Waals surface area contributed by atoms with E-state index in [-0.39, 0.29) is 5.92 Å². The third kappa shape index (κ3) is 4.30. The molecule has 1 fully saturated rings. The Labute approximate surface area is 106 Å². The molecule has 1 amide bonds. The molecule has 0 aromatic rings. The fourth-order valence-electron chi connectivity index (χ4n) is 2.39. The lowest BCUT2D eigenvalue weighted by atomic mass is 9.97. The second kappa shape index (κ2) is 7.70. The minimum Gasteiger partial charge on any atom is -0.340 e. The summed E-state index contributed by atoms with van der Waals surface area (Å²) in [5, 5.41) is 3.34. The van der Waals surface area contributed by atoms with Gasteiger partial charge in [0.05, 0.1) is 5.92 Å². The molecule has 0 bridgehead atoms. The smallest absolute Gasteiger partial charge is 0.227 e. The Morgan fingerprint density at radius 1 is 1.47 bits per heavy atom. The van der Waals surface area contributed by atoms with Crippen LogP contribution in [0.3, 0.4) is 0 Å². The van der Waals surface area contributed by atoms with Crippen LogP contribution in [-0.4, -0.2) is 36.5 Å². The minimum absolute atomic E-state index is 0.217. The minimum atomic E-state index is 0.217. The van der Waals surface area contributed by atoms with Crippen LogP contribution in [0.2, 0.25) is 0 Å². The molecular weight excluding hydrogens is 212 g/mol. The molecule has 1 unspecified atom stereocenters. The van der Waals surface area contributed by atoms with Gasteiger partial charge in [0.15, 0.2) is 0 Å². The Kier molecular flexibility index (Phi) is 6.56. The van der Waals surface area contributed by atoms with Crippen molar-refractivity contribution in [2.24, 2.45) is 5.92 Å². The largest absolute Gasteiger partial charge is 0.340 e. The highest BCUT2D eigenvalue weighted by molar-refractivity contribution is 5.79. The van der Waals surface area contributed by atoms with Crippen molar-refractivity contribution in [3.05, 3.63) is 0 Å². The average molecular weight is 240 g/mol. The van der Waals surface area contributed by atoms with Crippen LogP contribution < -0.4 is 5.32 Å². The third-order valence-electron chi connectivity index (χ3n) is 3.80. The van der Waals surface area contributed by atoms with Gasteiger partial charge in [0, 0.05) is 19.1 Å². The van der Waals surface area contributed by atoms with Gasteiger partial charge in [-0.15, -0.1) is 0 Å². The van der Waals surface area contributed by atoms with Gasteiger partial charge in [0.2, 0.25) is 5.91 Å². The van der Waals surface area contributed by atoms with Crippen molar-refractivity contribution in [2.75, 3.05) is 19.6 Å². The van der Waals surface area contributed by atoms with Crippen molar-refractivity contribution in [3.63, 3.8) is 0 Å². The van der Waals surface area contributed by atoms with Crippen molar-refractivity contribution >= 4 is 5.91 Å². The lowest BCUT2D eigenvalue weighted by molar-refractivity contribution is -0.138. The first kappa shape index (κ1) is 14.5. The summed E-state index contributed by atoms with van der Waals surface area (Å²) in [6.45, 7) is 9.39. The number of hydrogen-bond acceptors (Lipinski definition) is 2. The molecule has 1 heterocycles. The fourth-order valence-corrected chi connectivity index (χ4v) is 2.39. The number of nitrogens with zero attached hydrogens (tertiary/aromatic N) is 1. The van der Waals surface area contributed by atoms with Crippen LogP contribution >= 0.6 is 0 Å². The highest BCUT2D eigenvalue weighted by atomic mass is 16.2. The quantitative estimate of drug-likeness (QED) is 0.773. The molecule has 17 heavy (non-hydrogen) atoms. The maximum absolute atomic E-state index is 12.5. The van der Waals surface area contributed by atoms with Crippen LogP contribution in [0, 0.1) is 5.92 Å². The maximum Gasteiger partial charge on any atom is 0.227 e. The van der Waals surface area contributed by atoms with Gasteiger partial charge in [-0.2, -0.15) is 0 Å². The number of carbonyl (C=O) groups excluding carboxylic acids is 1. The highest BCUT2D eigenvalue weighted by Crippen LogP contribution is 2.17. The number of rotatable bonds is 6. The topological polar surface area (TPSA) is 32.3 Å². The Hall–Kier alpha value is -0.570. The molecule has 0 aromatic heterocycles. The van der Waals surface area contributed by atoms with E-state index in [1.807, 2.05) is 0 Å². The number of carbonyl (C=O) groups is 1. The molecule has 1 aliphatic rings. The van der Waals surface area contributed by atoms with Crippen molar-refractivity contribution < 1.29 is 4.79 Å². The monoisotopic (exact) mass is 240 g/mol. The molecule has 1 aliphatic heterocycles. The second-order valence-corrected chi connectivity index (χ2v) is 5.19. The van der Waals surface area contributed by atoms with Crippen molar-refractivity contribution in [3.8, 4) is 0 Å². The summed E-state index contributed by atoms with van der Waals surface area (Å²) in [6, 6.07) is 0.385. The first-order valence-electron chi connectivity index (χ1n) is 7.21. The lowest BCUT2D eigenvalue weighted by Crippen LogP contribution is -2.46. The predicted octanol–water partition coefficient (Wildman–Crippen LogP) is 2.41. The number of unbranched alkanes of at least 4 members (excludes halogenated alkanes) is 1. The lowest BCUT2D eigenvalue weighted by Gasteiger charge is -2.33. The molecule has 3 heteroatoms. The van der Waals surface area contributed by atoms with Gasteiger partial charge in [-0.1, -0.05) is 20.3 Å². The molecule has 2 atom stereocenters. The number of hydrogen-bond donors (Lipinski definition) is 1. The molecule has 0 aliphatic carbocycles. The van der Waals surface area contributed by atoms with Crippen LogP contribution in [-0.2, 0) is 4.79 Å². The second-order valence-electron chi connectivity index (χ2n) is 5.19. The predicted molar refractivity (Wildman–Crippen MR) is 72.0 cm³/mol. The summed E-state index contributed by atoms with van der Waals surface area (Å²) in [5.41, 5.74) is 0. The summed E-state index contributed by atoms with van der Waals surface area (Å²) < 4.78 is 0. The van der Waals surface area contributed by atoms with Gasteiger partial charge in [0.1, 0.15) is 0 Å². The fraction of sp³-hybridized carbons (Fsp3) is 0.929. The molecule has 1 rings (SSSR count). The highest BCUT2D eigenvalue weighted by Gasteiger charge is 2.27. The molecule has 3 nitrogen and oxygen atoms in total. The molecule has 1 saturated heterocycles. The summed E-state index contributed by atoms with van der Waals surface area (Å²) in [4.78, 5) is 14.6. The Bertz CT molecular complexity index is 224. The van der Waals surface area contributed by atoms with E-state index >= 15 is 0 Å². The first-order valence-corrected chi connectivity index (χ1v) is 7.21. The zero-order chi connectivity index (χ0) is 12.7. The van der Waals surface area contributed by atoms with Crippen LogP contribution in [0.25, 0.3) is 0 Å². The van der Waals surface area contributed by atoms with Gasteiger partial charge in [-0.05, 0) is 39.2 Å². The molecule has 1 N–H and O–H groups in total. The number of amides is 1. The van der Waals surface area contributed by atoms with E-state index in [0.717, 1.165) is 51.7 Å². The molecule has 0 aromatic carbocycles. The van der Waals surface area contributed by atoms with Gasteiger partial charge in [-0.25, -0.2) is 0 Å². The summed E-state index contributed by atoms with van der Waals surface area (Å²) in [7, 11) is 0. The van der Waals surface area contributed by atoms with Crippen LogP contribution in [0.1, 0.15) is 52.9 Å². The van der Waals surface area contributed by atoms with E-state index in [1.165, 1.54) is 0 Å². The normalized spacial score (nSPS) is 22.2. The van der Waals surface area contributed by atoms with Gasteiger partial charge >= 0.3 is 0 Å². The molecule has 0 radical (unpaired) electrons. The summed E-state index contributed by atoms with van der Waals surface area (Å²) >= 11 is 0. The van der Waals surface area contributed by atoms with E-state index in [4.69, 9.17) is 0 Å². The van der Waals surface area contributed by atoms with Crippen molar-refractivity contribution in [1.82, 2.24) is 10.2 Å². The standard InChI is InChI=1S/C14H28N2O/c1-4-6-10-16(12(3)5-2)14(17)13-8-7-9-15-11-13/h12-13,15H,4-11H2,1-3H3/t12?,13-/m0/s1. The number of nitrogens with one attached hydrogen (secondary N) is 1. The van der Waals surface area contributed by atoms with E-state index in [1.54, 1.807) is 0 Å². The van der Waals surface area contributed by atoms with Crippen molar-refractivity contribution in [2.45, 2.75) is 58.9 Å². The van der Waals surface area contributed by atoms with Gasteiger partial charge in [-0.3, -0.25) is 4.79 Å². The summed E-state index contributed by atoms with van der Waals surface area (Å²) in [5.74, 6) is 0.592. The zero-order valence-corrected chi connectivity index (χ0v) is 11.7. The molecule has 100 valence electrons. The van der Waals surface area contributed by atoms with Crippen LogP contribution in [0.15, 0.2) is 0 Å². The van der Waals surface area contributed by atoms with Crippen LogP contribution in [0.5, 0.6) is 0 Å². The van der Waals surface area contributed by atoms with Gasteiger partial charge in [0.25, 0.3) is 0 Å². The van der Waals surface area contributed by atoms with Crippen LogP contribution in [0.4, 0.5) is 0 Å². The Morgan fingerprint density at radius 3 is 2.76 bits per heavy atom. The maximum atomic E-state index is 12.5. The molecular formula is C14H28N2O. The number of piperidine rings is 1. The van der Waals surface area contributed by atoms with E-state index in [2.05, 4.69) is 31.0 Å². The van der Waals surface area contributed by atoms with E-state index < -0.39 is 0 Å².